The van der Waals surface area contributed by atoms with Gasteiger partial charge in [0.05, 0.1) is 18.2 Å². The van der Waals surface area contributed by atoms with E-state index in [2.05, 4.69) is 5.32 Å². The van der Waals surface area contributed by atoms with Crippen LogP contribution in [-0.2, 0) is 28.5 Å². The van der Waals surface area contributed by atoms with Gasteiger partial charge in [0.1, 0.15) is 23.9 Å². The number of carbonyl (C=O) groups is 5. The van der Waals surface area contributed by atoms with Crippen LogP contribution in [0.3, 0.4) is 0 Å². The molecule has 1 aromatic carbocycles. The average Bonchev–Trinajstić information content (AvgIpc) is 3.69. The first-order valence-electron chi connectivity index (χ1n) is 19.3. The smallest absolute Gasteiger partial charge is 0.449 e. The predicted octanol–water partition coefficient (Wildman–Crippen LogP) is 7.49. The maximum Gasteiger partial charge on any atom is 0.511 e. The van der Waals surface area contributed by atoms with Crippen LogP contribution >= 0.6 is 0 Å². The number of esters is 1. The fourth-order valence-corrected chi connectivity index (χ4v) is 8.66. The molecule has 2 aliphatic carbocycles. The van der Waals surface area contributed by atoms with Gasteiger partial charge in [0, 0.05) is 23.8 Å². The molecule has 13 nitrogen and oxygen atoms in total. The molecule has 14 heteroatoms. The molecule has 3 amide bonds. The molecule has 1 aromatic heterocycles. The van der Waals surface area contributed by atoms with E-state index >= 15 is 0 Å². The molecule has 54 heavy (non-hydrogen) atoms. The summed E-state index contributed by atoms with van der Waals surface area (Å²) in [5, 5.41) is 3.25. The number of primary amides is 1. The van der Waals surface area contributed by atoms with E-state index in [0.717, 1.165) is 32.1 Å². The van der Waals surface area contributed by atoms with Crippen LogP contribution in [0.25, 0.3) is 11.0 Å². The van der Waals surface area contributed by atoms with Crippen LogP contribution in [0, 0.1) is 23.7 Å². The van der Waals surface area contributed by atoms with Crippen LogP contribution in [0.2, 0.25) is 0 Å². The molecule has 3 N–H and O–H groups in total. The zero-order chi connectivity index (χ0) is 39.3. The van der Waals surface area contributed by atoms with E-state index in [1.807, 2.05) is 0 Å². The van der Waals surface area contributed by atoms with Crippen LogP contribution in [0.4, 0.5) is 14.0 Å². The molecule has 5 rings (SSSR count). The van der Waals surface area contributed by atoms with Crippen molar-refractivity contribution in [1.82, 2.24) is 10.2 Å². The van der Waals surface area contributed by atoms with Gasteiger partial charge in [0.2, 0.25) is 23.9 Å². The fraction of sp³-hybridized carbons (Fsp3) is 0.675. The summed E-state index contributed by atoms with van der Waals surface area (Å²) in [5.41, 5.74) is 6.24. The van der Waals surface area contributed by atoms with Crippen molar-refractivity contribution in [2.24, 2.45) is 29.4 Å². The van der Waals surface area contributed by atoms with Crippen LogP contribution < -0.4 is 11.1 Å². The monoisotopic (exact) mass is 757 g/mol. The second kappa shape index (κ2) is 17.4. The number of benzene rings is 1. The quantitative estimate of drug-likeness (QED) is 0.133. The van der Waals surface area contributed by atoms with Crippen molar-refractivity contribution >= 4 is 41.0 Å². The zero-order valence-corrected chi connectivity index (χ0v) is 32.3. The molecule has 3 aliphatic rings. The first-order valence-corrected chi connectivity index (χ1v) is 19.3. The van der Waals surface area contributed by atoms with Gasteiger partial charge in [-0.25, -0.2) is 18.8 Å². The van der Waals surface area contributed by atoms with E-state index in [1.165, 1.54) is 6.92 Å². The summed E-state index contributed by atoms with van der Waals surface area (Å²) in [6, 6.07) is 4.59. The molecule has 3 fully saturated rings. The molecule has 0 bridgehead atoms. The van der Waals surface area contributed by atoms with Crippen LogP contribution in [0.1, 0.15) is 128 Å². The third kappa shape index (κ3) is 9.65. The first-order chi connectivity index (χ1) is 25.6. The summed E-state index contributed by atoms with van der Waals surface area (Å²) in [6.45, 7) is 9.11. The van der Waals surface area contributed by atoms with Crippen molar-refractivity contribution in [2.45, 2.75) is 142 Å². The van der Waals surface area contributed by atoms with Crippen LogP contribution in [0.15, 0.2) is 28.7 Å². The molecule has 5 atom stereocenters. The number of hydrogen-bond donors (Lipinski definition) is 2. The number of hydrogen-bond acceptors (Lipinski definition) is 10. The summed E-state index contributed by atoms with van der Waals surface area (Å²) < 4.78 is 41.4. The second-order valence-electron chi connectivity index (χ2n) is 16.3. The average molecular weight is 758 g/mol. The Hall–Kier alpha value is -4.36. The predicted molar refractivity (Wildman–Crippen MR) is 196 cm³/mol. The normalized spacial score (nSPS) is 24.8. The number of alkyl carbamates (subject to hydrolysis) is 1. The SMILES string of the molecule is CC(C)OC(=O)OC(C)OC(=O)c1oc2ccccc2c1C1C[C@@H](C2CCCCC2)[C@@H](C(N)=O)N1C(=O)C1CCC(C(CF)NC(=O)OC(C)(C)C)CC1. The fourth-order valence-electron chi connectivity index (χ4n) is 8.66. The summed E-state index contributed by atoms with van der Waals surface area (Å²) in [6.07, 6.45) is 3.54. The molecule has 2 heterocycles. The number of furan rings is 1. The lowest BCUT2D eigenvalue weighted by atomic mass is 9.75. The summed E-state index contributed by atoms with van der Waals surface area (Å²) in [7, 11) is 0. The highest BCUT2D eigenvalue weighted by molar-refractivity contribution is 5.98. The Morgan fingerprint density at radius 1 is 0.944 bits per heavy atom. The first kappa shape index (κ1) is 40.8. The minimum Gasteiger partial charge on any atom is -0.449 e. The number of nitrogens with one attached hydrogen (secondary N) is 1. The van der Waals surface area contributed by atoms with Gasteiger partial charge in [0.15, 0.2) is 0 Å². The Morgan fingerprint density at radius 2 is 1.61 bits per heavy atom. The molecule has 298 valence electrons. The van der Waals surface area contributed by atoms with E-state index in [0.29, 0.717) is 48.6 Å². The second-order valence-corrected chi connectivity index (χ2v) is 16.3. The van der Waals surface area contributed by atoms with Crippen LogP contribution in [-0.4, -0.2) is 71.7 Å². The lowest BCUT2D eigenvalue weighted by molar-refractivity contribution is -0.145. The number of nitrogens with two attached hydrogens (primary N) is 1. The minimum atomic E-state index is -1.33. The number of amides is 3. The highest BCUT2D eigenvalue weighted by Crippen LogP contribution is 2.51. The van der Waals surface area contributed by atoms with Crippen molar-refractivity contribution in [1.29, 1.82) is 0 Å². The summed E-state index contributed by atoms with van der Waals surface area (Å²) >= 11 is 0. The number of ether oxygens (including phenoxy) is 4. The van der Waals surface area contributed by atoms with Crippen molar-refractivity contribution in [3.63, 3.8) is 0 Å². The number of likely N-dealkylation sites (tertiary alicyclic amines) is 1. The Bertz CT molecular complexity index is 1660. The van der Waals surface area contributed by atoms with E-state index < -0.39 is 72.8 Å². The van der Waals surface area contributed by atoms with Crippen molar-refractivity contribution in [3.8, 4) is 0 Å². The molecule has 0 spiro atoms. The zero-order valence-electron chi connectivity index (χ0n) is 32.3. The van der Waals surface area contributed by atoms with Gasteiger partial charge in [-0.05, 0) is 90.5 Å². The minimum absolute atomic E-state index is 0.144. The molecule has 1 saturated heterocycles. The number of fused-ring (bicyclic) bond motifs is 1. The largest absolute Gasteiger partial charge is 0.511 e. The Balaban J connectivity index is 1.46. The maximum atomic E-state index is 14.9. The summed E-state index contributed by atoms with van der Waals surface area (Å²) in [4.78, 5) is 68.4. The maximum absolute atomic E-state index is 14.9. The number of alkyl halides is 1. The Labute approximate surface area is 316 Å². The molecular formula is C40H56FN3O10. The van der Waals surface area contributed by atoms with E-state index in [-0.39, 0.29) is 29.4 Å². The van der Waals surface area contributed by atoms with Gasteiger partial charge in [-0.15, -0.1) is 0 Å². The van der Waals surface area contributed by atoms with E-state index in [1.54, 1.807) is 63.8 Å². The highest BCUT2D eigenvalue weighted by Gasteiger charge is 2.53. The highest BCUT2D eigenvalue weighted by atomic mass is 19.1. The van der Waals surface area contributed by atoms with Crippen molar-refractivity contribution in [3.05, 3.63) is 35.6 Å². The van der Waals surface area contributed by atoms with Crippen molar-refractivity contribution < 1.29 is 51.7 Å². The third-order valence-corrected chi connectivity index (χ3v) is 10.9. The Morgan fingerprint density at radius 3 is 2.22 bits per heavy atom. The van der Waals surface area contributed by atoms with Gasteiger partial charge in [-0.3, -0.25) is 9.59 Å². The van der Waals surface area contributed by atoms with E-state index in [4.69, 9.17) is 29.1 Å². The number of para-hydroxylation sites is 1. The molecule has 1 aliphatic heterocycles. The van der Waals surface area contributed by atoms with Gasteiger partial charge in [-0.1, -0.05) is 50.3 Å². The third-order valence-electron chi connectivity index (χ3n) is 10.9. The van der Waals surface area contributed by atoms with Crippen LogP contribution in [0.5, 0.6) is 0 Å². The van der Waals surface area contributed by atoms with Crippen molar-refractivity contribution in [2.75, 3.05) is 6.67 Å². The number of rotatable bonds is 11. The summed E-state index contributed by atoms with van der Waals surface area (Å²) in [5.74, 6) is -2.80. The van der Waals surface area contributed by atoms with Gasteiger partial charge >= 0.3 is 18.2 Å². The van der Waals surface area contributed by atoms with Gasteiger partial charge in [-0.2, -0.15) is 0 Å². The molecule has 2 saturated carbocycles. The lowest BCUT2D eigenvalue weighted by Crippen LogP contribution is -2.51. The van der Waals surface area contributed by atoms with Gasteiger partial charge < -0.3 is 39.3 Å². The number of halogens is 1. The number of nitrogens with zero attached hydrogens (tertiary/aromatic N) is 1. The molecule has 0 radical (unpaired) electrons. The Kier molecular flexibility index (Phi) is 13.2. The lowest BCUT2D eigenvalue weighted by Gasteiger charge is -2.38. The molecular weight excluding hydrogens is 701 g/mol. The van der Waals surface area contributed by atoms with E-state index in [9.17, 15) is 28.4 Å². The molecule has 3 unspecified atom stereocenters. The molecule has 2 aromatic rings. The standard InChI is InChI=1S/C40H56FN3O10/c1-22(2)50-39(49)52-23(3)51-37(47)34-32(27-14-10-11-15-31(27)53-34)30-20-28(24-12-8-7-9-13-24)33(35(42)45)44(30)36(46)26-18-16-25(17-19-26)29(21-41)43-38(48)54-40(4,5)6/h10-11,14-15,22-26,28-30,33H,7-9,12-13,16-21H2,1-6H3,(H2,42,45)(H,43,48)/t23?,25?,26?,28-,29?,30?,33-/m0/s1. The number of carbonyl (C=O) groups excluding carboxylic acids is 5. The van der Waals surface area contributed by atoms with Gasteiger partial charge in [0.25, 0.3) is 0 Å². The topological polar surface area (TPSA) is 177 Å².